The third kappa shape index (κ3) is 7.85. The summed E-state index contributed by atoms with van der Waals surface area (Å²) in [5.74, 6) is 0. The van der Waals surface area contributed by atoms with Gasteiger partial charge in [0.15, 0.2) is 0 Å². The summed E-state index contributed by atoms with van der Waals surface area (Å²) in [5.41, 5.74) is 3.50. The van der Waals surface area contributed by atoms with E-state index in [4.69, 9.17) is 4.43 Å². The predicted octanol–water partition coefficient (Wildman–Crippen LogP) is 8.50. The summed E-state index contributed by atoms with van der Waals surface area (Å²) < 4.78 is 12.8. The molecule has 0 N–H and O–H groups in total. The van der Waals surface area contributed by atoms with Crippen molar-refractivity contribution in [2.75, 3.05) is 0 Å². The average Bonchev–Trinajstić information content (AvgIpc) is 2.54. The van der Waals surface area contributed by atoms with Crippen LogP contribution in [0.2, 0.25) is 31.4 Å². The van der Waals surface area contributed by atoms with E-state index >= 15 is 0 Å². The van der Waals surface area contributed by atoms with Gasteiger partial charge in [0.25, 0.3) is 0 Å². The number of hydrogen-bond acceptors (Lipinski definition) is 1. The Morgan fingerprint density at radius 1 is 0.962 bits per heavy atom. The van der Waals surface area contributed by atoms with Gasteiger partial charge in [-0.2, -0.15) is 0 Å². The Morgan fingerprint density at radius 2 is 1.35 bits per heavy atom. The van der Waals surface area contributed by atoms with Crippen LogP contribution in [0.4, 0.5) is 0 Å². The Hall–Kier alpha value is 0.496. The van der Waals surface area contributed by atoms with Gasteiger partial charge in [0, 0.05) is 0 Å². The second-order valence-electron chi connectivity index (χ2n) is 9.70. The molecule has 154 valence electrons. The topological polar surface area (TPSA) is 9.23 Å². The van der Waals surface area contributed by atoms with Gasteiger partial charge in [-0.25, -0.2) is 0 Å². The Balaban J connectivity index is 5.77. The molecule has 0 radical (unpaired) electrons. The van der Waals surface area contributed by atoms with Gasteiger partial charge in [-0.1, -0.05) is 0 Å². The predicted molar refractivity (Wildman–Crippen MR) is 125 cm³/mol. The van der Waals surface area contributed by atoms with Crippen LogP contribution in [-0.4, -0.2) is 32.8 Å². The molecule has 3 heteroatoms. The van der Waals surface area contributed by atoms with Gasteiger partial charge in [-0.15, -0.1) is 0 Å². The van der Waals surface area contributed by atoms with Gasteiger partial charge in [0.1, 0.15) is 0 Å². The molecule has 1 atom stereocenters. The molecule has 0 unspecified atom stereocenters. The first kappa shape index (κ1) is 26.5. The van der Waals surface area contributed by atoms with E-state index in [1.807, 2.05) is 0 Å². The van der Waals surface area contributed by atoms with Crippen molar-refractivity contribution in [2.45, 2.75) is 125 Å². The second-order valence-corrected chi connectivity index (χ2v) is 27.6. The molecular weight excluding hydrogens is 439 g/mol. The molecule has 0 aliphatic heterocycles. The van der Waals surface area contributed by atoms with Crippen LogP contribution < -0.4 is 0 Å². The van der Waals surface area contributed by atoms with E-state index in [1.165, 1.54) is 51.8 Å². The van der Waals surface area contributed by atoms with Crippen molar-refractivity contribution < 1.29 is 4.43 Å². The molecule has 0 saturated heterocycles. The third-order valence-electron chi connectivity index (χ3n) is 6.47. The van der Waals surface area contributed by atoms with Crippen molar-refractivity contribution in [1.29, 1.82) is 0 Å². The number of hydrogen-bond donors (Lipinski definition) is 0. The van der Waals surface area contributed by atoms with Crippen LogP contribution in [0.5, 0.6) is 0 Å². The van der Waals surface area contributed by atoms with Crippen molar-refractivity contribution in [3.8, 4) is 0 Å². The van der Waals surface area contributed by atoms with Crippen LogP contribution >= 0.6 is 0 Å². The summed E-state index contributed by atoms with van der Waals surface area (Å²) >= 11 is -2.49. The monoisotopic (exact) mass is 488 g/mol. The zero-order chi connectivity index (χ0) is 20.4. The molecule has 0 aliphatic carbocycles. The van der Waals surface area contributed by atoms with Crippen LogP contribution in [0.1, 0.15) is 87.0 Å². The summed E-state index contributed by atoms with van der Waals surface area (Å²) in [6, 6.07) is 0. The number of unbranched alkanes of at least 4 members (excludes halogenated alkanes) is 3. The Bertz CT molecular complexity index is 422. The zero-order valence-corrected chi connectivity index (χ0v) is 23.4. The van der Waals surface area contributed by atoms with Gasteiger partial charge >= 0.3 is 172 Å². The fourth-order valence-electron chi connectivity index (χ4n) is 3.76. The fourth-order valence-corrected chi connectivity index (χ4v) is 22.4. The zero-order valence-electron chi connectivity index (χ0n) is 19.6. The molecule has 0 rings (SSSR count). The van der Waals surface area contributed by atoms with Crippen LogP contribution in [-0.2, 0) is 4.43 Å². The first-order valence-corrected chi connectivity index (χ1v) is 21.5. The molecular formula is C23H48OSiSn. The molecule has 1 nitrogen and oxygen atoms in total. The van der Waals surface area contributed by atoms with Crippen molar-refractivity contribution in [3.05, 3.63) is 15.9 Å². The minimum atomic E-state index is -2.49. The van der Waals surface area contributed by atoms with Gasteiger partial charge < -0.3 is 0 Å². The minimum absolute atomic E-state index is 0.217. The molecule has 0 aromatic heterocycles. The van der Waals surface area contributed by atoms with Crippen LogP contribution in [0, 0.1) is 0 Å². The van der Waals surface area contributed by atoms with Crippen molar-refractivity contribution in [1.82, 2.24) is 0 Å². The SMILES string of the molecule is C=C=[C]([C@@H](C)O[Si](C)(C)C(C)(C)C)[Sn]([CH2]CCC)([CH2]CCC)[CH2]CCC. The molecule has 0 saturated carbocycles. The summed E-state index contributed by atoms with van der Waals surface area (Å²) in [4.78, 5) is 0. The van der Waals surface area contributed by atoms with Crippen LogP contribution in [0.25, 0.3) is 0 Å². The molecule has 0 amide bonds. The average molecular weight is 487 g/mol. The van der Waals surface area contributed by atoms with Gasteiger partial charge in [0.05, 0.1) is 0 Å². The van der Waals surface area contributed by atoms with Crippen LogP contribution in [0.15, 0.2) is 15.9 Å². The van der Waals surface area contributed by atoms with Crippen LogP contribution in [0.3, 0.4) is 0 Å². The Labute approximate surface area is 171 Å². The maximum absolute atomic E-state index is 6.85. The fraction of sp³-hybridized carbons (Fsp3) is 0.870. The van der Waals surface area contributed by atoms with Crippen molar-refractivity contribution in [2.24, 2.45) is 0 Å². The summed E-state index contributed by atoms with van der Waals surface area (Å²) in [6.07, 6.45) is 8.26. The summed E-state index contributed by atoms with van der Waals surface area (Å²) in [6.45, 7) is 25.3. The second kappa shape index (κ2) is 12.1. The van der Waals surface area contributed by atoms with E-state index in [0.717, 1.165) is 0 Å². The first-order chi connectivity index (χ1) is 12.0. The Morgan fingerprint density at radius 3 is 1.62 bits per heavy atom. The van der Waals surface area contributed by atoms with E-state index in [2.05, 4.69) is 73.9 Å². The van der Waals surface area contributed by atoms with E-state index in [0.29, 0.717) is 0 Å². The molecule has 0 aromatic rings. The molecule has 26 heavy (non-hydrogen) atoms. The maximum atomic E-state index is 6.85. The third-order valence-corrected chi connectivity index (χ3v) is 27.2. The van der Waals surface area contributed by atoms with Gasteiger partial charge in [0.2, 0.25) is 0 Å². The normalized spacial score (nSPS) is 14.2. The Kier molecular flexibility index (Phi) is 12.4. The standard InChI is InChI=1S/C11H21OSi.3C4H9.Sn/c1-8-9-10(2)12-13(6,7)11(3,4)5;3*1-3-4-2;/h10H,1H2,2-7H3;3*1,3-4H2,2H3;/t10-;;;;/m1..../s1. The first-order valence-electron chi connectivity index (χ1n) is 11.1. The van der Waals surface area contributed by atoms with Crippen molar-refractivity contribution in [3.63, 3.8) is 0 Å². The molecule has 0 bridgehead atoms. The van der Waals surface area contributed by atoms with E-state index in [1.54, 1.807) is 3.59 Å². The number of rotatable bonds is 13. The molecule has 0 fully saturated rings. The van der Waals surface area contributed by atoms with E-state index < -0.39 is 26.7 Å². The summed E-state index contributed by atoms with van der Waals surface area (Å²) in [7, 11) is -1.77. The van der Waals surface area contributed by atoms with Crippen molar-refractivity contribution >= 4 is 26.7 Å². The van der Waals surface area contributed by atoms with Gasteiger partial charge in [-0.05, 0) is 0 Å². The van der Waals surface area contributed by atoms with E-state index in [-0.39, 0.29) is 11.1 Å². The molecule has 0 aromatic carbocycles. The summed E-state index contributed by atoms with van der Waals surface area (Å²) in [5, 5.41) is 0.252. The molecule has 0 heterocycles. The molecule has 0 aliphatic rings. The van der Waals surface area contributed by atoms with Gasteiger partial charge in [-0.3, -0.25) is 0 Å². The molecule has 0 spiro atoms. The quantitative estimate of drug-likeness (QED) is 0.187. The van der Waals surface area contributed by atoms with E-state index in [9.17, 15) is 0 Å².